The quantitative estimate of drug-likeness (QED) is 0.671. The Hall–Kier alpha value is -1.31. The summed E-state index contributed by atoms with van der Waals surface area (Å²) in [7, 11) is 1.67. The highest BCUT2D eigenvalue weighted by Crippen LogP contribution is 2.11. The lowest BCUT2D eigenvalue weighted by atomic mass is 10.3. The molecule has 2 heterocycles. The van der Waals surface area contributed by atoms with Crippen molar-refractivity contribution in [2.75, 3.05) is 19.1 Å². The van der Waals surface area contributed by atoms with Gasteiger partial charge in [-0.05, 0) is 6.26 Å². The molecule has 3 N–H and O–H groups in total. The zero-order valence-electron chi connectivity index (χ0n) is 10.3. The number of fused-ring (bicyclic) bond motifs is 1. The van der Waals surface area contributed by atoms with E-state index in [2.05, 4.69) is 20.3 Å². The molecule has 7 heteroatoms. The van der Waals surface area contributed by atoms with Crippen molar-refractivity contribution in [1.29, 1.82) is 0 Å². The maximum Gasteiger partial charge on any atom is 0.275 e. The Morgan fingerprint density at radius 3 is 3.11 bits per heavy atom. The van der Waals surface area contributed by atoms with Gasteiger partial charge in [-0.25, -0.2) is 4.98 Å². The molecule has 0 bridgehead atoms. The second-order valence-corrected chi connectivity index (χ2v) is 4.74. The van der Waals surface area contributed by atoms with Crippen molar-refractivity contribution in [2.45, 2.75) is 12.8 Å². The number of H-pyrrole nitrogens is 2. The highest BCUT2D eigenvalue weighted by molar-refractivity contribution is 7.98. The van der Waals surface area contributed by atoms with Crippen molar-refractivity contribution in [1.82, 2.24) is 20.3 Å². The molecule has 2 aromatic rings. The minimum absolute atomic E-state index is 0.00746. The van der Waals surface area contributed by atoms with Crippen LogP contribution in [0.4, 0.5) is 0 Å². The first-order chi connectivity index (χ1) is 8.76. The standard InChI is InChI=1S/C11H16N4O2S/c1-17-8(5-18-2)12-3-7-4-13-10-9(7)14-6-15-11(10)16/h4,6,8,12-13H,3,5H2,1-2H3,(H,14,15,16)/t8-/m0/s1. The predicted octanol–water partition coefficient (Wildman–Crippen LogP) is 0.676. The third-order valence-electron chi connectivity index (χ3n) is 2.67. The lowest BCUT2D eigenvalue weighted by Gasteiger charge is -2.15. The molecule has 0 aromatic carbocycles. The number of aromatic nitrogens is 3. The molecule has 0 radical (unpaired) electrons. The summed E-state index contributed by atoms with van der Waals surface area (Å²) in [6.07, 6.45) is 5.23. The van der Waals surface area contributed by atoms with Gasteiger partial charge in [-0.15, -0.1) is 0 Å². The minimum Gasteiger partial charge on any atom is -0.366 e. The molecule has 0 aliphatic rings. The molecule has 0 saturated carbocycles. The molecule has 0 fully saturated rings. The largest absolute Gasteiger partial charge is 0.366 e. The van der Waals surface area contributed by atoms with Gasteiger partial charge >= 0.3 is 0 Å². The van der Waals surface area contributed by atoms with Gasteiger partial charge in [0.1, 0.15) is 11.7 Å². The highest BCUT2D eigenvalue weighted by Gasteiger charge is 2.10. The summed E-state index contributed by atoms with van der Waals surface area (Å²) in [5.74, 6) is 0.868. The molecule has 18 heavy (non-hydrogen) atoms. The van der Waals surface area contributed by atoms with E-state index < -0.39 is 0 Å². The molecule has 0 aliphatic carbocycles. The van der Waals surface area contributed by atoms with Crippen LogP contribution in [0, 0.1) is 0 Å². The number of aromatic amines is 2. The Morgan fingerprint density at radius 1 is 1.56 bits per heavy atom. The van der Waals surface area contributed by atoms with Gasteiger partial charge in [-0.1, -0.05) is 0 Å². The first-order valence-corrected chi connectivity index (χ1v) is 6.94. The van der Waals surface area contributed by atoms with Gasteiger partial charge in [0.05, 0.1) is 11.8 Å². The maximum atomic E-state index is 11.5. The van der Waals surface area contributed by atoms with Crippen LogP contribution < -0.4 is 10.9 Å². The number of nitrogens with one attached hydrogen (secondary N) is 3. The summed E-state index contributed by atoms with van der Waals surface area (Å²) in [4.78, 5) is 21.2. The van der Waals surface area contributed by atoms with Gasteiger partial charge in [0.2, 0.25) is 0 Å². The average molecular weight is 268 g/mol. The number of hydrogen-bond donors (Lipinski definition) is 3. The van der Waals surface area contributed by atoms with Crippen molar-refractivity contribution in [3.05, 3.63) is 28.4 Å². The van der Waals surface area contributed by atoms with Crippen molar-refractivity contribution in [3.63, 3.8) is 0 Å². The number of ether oxygens (including phenoxy) is 1. The van der Waals surface area contributed by atoms with Gasteiger partial charge in [-0.2, -0.15) is 11.8 Å². The normalized spacial score (nSPS) is 13.0. The first kappa shape index (κ1) is 13.1. The lowest BCUT2D eigenvalue weighted by molar-refractivity contribution is 0.0919. The summed E-state index contributed by atoms with van der Waals surface area (Å²) in [6, 6.07) is 0. The third kappa shape index (κ3) is 2.74. The summed E-state index contributed by atoms with van der Waals surface area (Å²) in [5, 5.41) is 3.27. The molecule has 0 amide bonds. The van der Waals surface area contributed by atoms with Gasteiger partial charge in [0.25, 0.3) is 5.56 Å². The van der Waals surface area contributed by atoms with Gasteiger partial charge in [0, 0.05) is 31.2 Å². The Kier molecular flexibility index (Phi) is 4.40. The van der Waals surface area contributed by atoms with Crippen molar-refractivity contribution < 1.29 is 4.74 Å². The lowest BCUT2D eigenvalue weighted by Crippen LogP contribution is -2.32. The number of nitrogens with zero attached hydrogens (tertiary/aromatic N) is 1. The summed E-state index contributed by atoms with van der Waals surface area (Å²) < 4.78 is 5.29. The topological polar surface area (TPSA) is 82.8 Å². The zero-order chi connectivity index (χ0) is 13.0. The number of methoxy groups -OCH3 is 1. The number of thioether (sulfide) groups is 1. The molecule has 98 valence electrons. The summed E-state index contributed by atoms with van der Waals surface area (Å²) in [5.41, 5.74) is 2.01. The van der Waals surface area contributed by atoms with E-state index in [1.807, 2.05) is 6.26 Å². The monoisotopic (exact) mass is 268 g/mol. The van der Waals surface area contributed by atoms with Gasteiger partial charge < -0.3 is 14.7 Å². The Balaban J connectivity index is 2.12. The molecule has 0 aliphatic heterocycles. The van der Waals surface area contributed by atoms with Gasteiger partial charge in [-0.3, -0.25) is 10.1 Å². The zero-order valence-corrected chi connectivity index (χ0v) is 11.1. The highest BCUT2D eigenvalue weighted by atomic mass is 32.2. The van der Waals surface area contributed by atoms with Crippen LogP contribution in [0.3, 0.4) is 0 Å². The SMILES string of the molecule is CO[C@@H](CSC)NCc1c[nH]c2c(=O)[nH]cnc12. The fourth-order valence-electron chi connectivity index (χ4n) is 1.72. The molecule has 1 atom stereocenters. The van der Waals surface area contributed by atoms with E-state index in [4.69, 9.17) is 4.74 Å². The van der Waals surface area contributed by atoms with Crippen LogP contribution in [-0.2, 0) is 11.3 Å². The van der Waals surface area contributed by atoms with E-state index in [1.54, 1.807) is 25.1 Å². The number of hydrogen-bond acceptors (Lipinski definition) is 5. The molecule has 0 saturated heterocycles. The van der Waals surface area contributed by atoms with E-state index in [9.17, 15) is 4.79 Å². The van der Waals surface area contributed by atoms with Crippen molar-refractivity contribution >= 4 is 22.8 Å². The van der Waals surface area contributed by atoms with Crippen LogP contribution >= 0.6 is 11.8 Å². The predicted molar refractivity (Wildman–Crippen MR) is 72.7 cm³/mol. The second kappa shape index (κ2) is 6.03. The van der Waals surface area contributed by atoms with E-state index in [-0.39, 0.29) is 11.8 Å². The Labute approximate surface area is 109 Å². The van der Waals surface area contributed by atoms with Crippen molar-refractivity contribution in [2.24, 2.45) is 0 Å². The van der Waals surface area contributed by atoms with Crippen LogP contribution in [-0.4, -0.2) is 40.3 Å². The molecule has 2 rings (SSSR count). The smallest absolute Gasteiger partial charge is 0.275 e. The molecular formula is C11H16N4O2S. The van der Waals surface area contributed by atoms with E-state index in [0.29, 0.717) is 17.6 Å². The van der Waals surface area contributed by atoms with Crippen LogP contribution in [0.1, 0.15) is 5.56 Å². The van der Waals surface area contributed by atoms with Crippen LogP contribution in [0.2, 0.25) is 0 Å². The second-order valence-electron chi connectivity index (χ2n) is 3.83. The Morgan fingerprint density at radius 2 is 2.39 bits per heavy atom. The molecule has 0 unspecified atom stereocenters. The van der Waals surface area contributed by atoms with E-state index in [0.717, 1.165) is 11.3 Å². The minimum atomic E-state index is -0.154. The fraction of sp³-hybridized carbons (Fsp3) is 0.455. The molecule has 2 aromatic heterocycles. The van der Waals surface area contributed by atoms with Crippen LogP contribution in [0.5, 0.6) is 0 Å². The van der Waals surface area contributed by atoms with Gasteiger partial charge in [0.15, 0.2) is 0 Å². The Bertz CT molecular complexity index is 565. The number of rotatable bonds is 6. The first-order valence-electron chi connectivity index (χ1n) is 5.55. The van der Waals surface area contributed by atoms with Crippen molar-refractivity contribution in [3.8, 4) is 0 Å². The van der Waals surface area contributed by atoms with Crippen LogP contribution in [0.15, 0.2) is 17.3 Å². The van der Waals surface area contributed by atoms with E-state index in [1.165, 1.54) is 6.33 Å². The molecule has 0 spiro atoms. The maximum absolute atomic E-state index is 11.5. The average Bonchev–Trinajstić information content (AvgIpc) is 2.79. The summed E-state index contributed by atoms with van der Waals surface area (Å²) >= 11 is 1.71. The third-order valence-corrected chi connectivity index (χ3v) is 3.31. The summed E-state index contributed by atoms with van der Waals surface area (Å²) in [6.45, 7) is 0.607. The van der Waals surface area contributed by atoms with Crippen LogP contribution in [0.25, 0.3) is 11.0 Å². The van der Waals surface area contributed by atoms with E-state index >= 15 is 0 Å². The fourth-order valence-corrected chi connectivity index (χ4v) is 2.28. The molecule has 6 nitrogen and oxygen atoms in total. The molecular weight excluding hydrogens is 252 g/mol.